The molecule has 0 saturated carbocycles. The molecule has 0 aliphatic carbocycles. The van der Waals surface area contributed by atoms with Crippen LogP contribution in [0, 0.1) is 0 Å². The maximum absolute atomic E-state index is 5.64. The van der Waals surface area contributed by atoms with Gasteiger partial charge in [-0.2, -0.15) is 0 Å². The number of rotatable bonds is 5. The monoisotopic (exact) mass is 254 g/mol. The Morgan fingerprint density at radius 2 is 1.68 bits per heavy atom. The van der Waals surface area contributed by atoms with Crippen molar-refractivity contribution in [3.63, 3.8) is 0 Å². The van der Waals surface area contributed by atoms with Gasteiger partial charge in [-0.05, 0) is 22.3 Å². The Morgan fingerprint density at radius 1 is 1.00 bits per heavy atom. The van der Waals surface area contributed by atoms with Crippen LogP contribution in [0.15, 0.2) is 48.5 Å². The summed E-state index contributed by atoms with van der Waals surface area (Å²) in [5, 5.41) is 3.47. The fourth-order valence-electron chi connectivity index (χ4n) is 2.09. The van der Waals surface area contributed by atoms with E-state index in [1.807, 2.05) is 0 Å². The summed E-state index contributed by atoms with van der Waals surface area (Å²) in [7, 11) is 0. The number of hydrogen-bond acceptors (Lipinski definition) is 2. The van der Waals surface area contributed by atoms with Crippen LogP contribution < -0.4 is 11.1 Å². The highest BCUT2D eigenvalue weighted by Gasteiger charge is 2.05. The van der Waals surface area contributed by atoms with Gasteiger partial charge in [0.25, 0.3) is 0 Å². The number of benzene rings is 2. The molecular weight excluding hydrogens is 232 g/mol. The van der Waals surface area contributed by atoms with Gasteiger partial charge in [0.15, 0.2) is 0 Å². The molecule has 0 spiro atoms. The largest absolute Gasteiger partial charge is 0.326 e. The van der Waals surface area contributed by atoms with Gasteiger partial charge in [0.1, 0.15) is 0 Å². The molecule has 2 aromatic rings. The molecule has 0 bridgehead atoms. The molecule has 2 aromatic carbocycles. The molecule has 2 rings (SSSR count). The van der Waals surface area contributed by atoms with Gasteiger partial charge in [0, 0.05) is 19.1 Å². The summed E-state index contributed by atoms with van der Waals surface area (Å²) in [6.07, 6.45) is 0. The molecular formula is C17H22N2. The molecule has 0 amide bonds. The van der Waals surface area contributed by atoms with E-state index in [-0.39, 0.29) is 0 Å². The van der Waals surface area contributed by atoms with Crippen molar-refractivity contribution in [2.24, 2.45) is 5.73 Å². The van der Waals surface area contributed by atoms with Crippen LogP contribution in [0.25, 0.3) is 11.1 Å². The van der Waals surface area contributed by atoms with Gasteiger partial charge in [-0.3, -0.25) is 0 Å². The first-order valence-corrected chi connectivity index (χ1v) is 6.81. The first kappa shape index (κ1) is 13.8. The molecule has 0 radical (unpaired) electrons. The maximum atomic E-state index is 5.64. The Hall–Kier alpha value is -1.64. The second-order valence-electron chi connectivity index (χ2n) is 5.09. The molecule has 0 aromatic heterocycles. The van der Waals surface area contributed by atoms with Crippen LogP contribution in [0.1, 0.15) is 25.0 Å². The highest BCUT2D eigenvalue weighted by Crippen LogP contribution is 2.24. The van der Waals surface area contributed by atoms with Crippen molar-refractivity contribution in [1.82, 2.24) is 5.32 Å². The van der Waals surface area contributed by atoms with Crippen LogP contribution in [-0.4, -0.2) is 6.04 Å². The van der Waals surface area contributed by atoms with Gasteiger partial charge < -0.3 is 11.1 Å². The van der Waals surface area contributed by atoms with E-state index in [2.05, 4.69) is 67.7 Å². The highest BCUT2D eigenvalue weighted by molar-refractivity contribution is 5.67. The highest BCUT2D eigenvalue weighted by atomic mass is 14.9. The number of nitrogens with one attached hydrogen (secondary N) is 1. The van der Waals surface area contributed by atoms with E-state index < -0.39 is 0 Å². The van der Waals surface area contributed by atoms with Crippen molar-refractivity contribution in [2.75, 3.05) is 0 Å². The molecule has 0 saturated heterocycles. The zero-order chi connectivity index (χ0) is 13.7. The molecule has 0 heterocycles. The van der Waals surface area contributed by atoms with Gasteiger partial charge >= 0.3 is 0 Å². The zero-order valence-electron chi connectivity index (χ0n) is 11.7. The van der Waals surface area contributed by atoms with Crippen LogP contribution in [0.5, 0.6) is 0 Å². The third kappa shape index (κ3) is 3.66. The van der Waals surface area contributed by atoms with Crippen LogP contribution in [0.2, 0.25) is 0 Å². The third-order valence-electron chi connectivity index (χ3n) is 3.22. The Labute approximate surface area is 115 Å². The smallest absolute Gasteiger partial charge is 0.0214 e. The quantitative estimate of drug-likeness (QED) is 0.859. The van der Waals surface area contributed by atoms with Gasteiger partial charge in [-0.1, -0.05) is 62.4 Å². The van der Waals surface area contributed by atoms with Crippen LogP contribution in [0.4, 0.5) is 0 Å². The summed E-state index contributed by atoms with van der Waals surface area (Å²) in [6.45, 7) is 5.82. The van der Waals surface area contributed by atoms with E-state index in [1.54, 1.807) is 0 Å². The Kier molecular flexibility index (Phi) is 4.72. The van der Waals surface area contributed by atoms with Crippen LogP contribution >= 0.6 is 0 Å². The minimum Gasteiger partial charge on any atom is -0.326 e. The molecule has 2 nitrogen and oxygen atoms in total. The maximum Gasteiger partial charge on any atom is 0.0214 e. The van der Waals surface area contributed by atoms with E-state index in [4.69, 9.17) is 5.73 Å². The number of nitrogens with two attached hydrogens (primary N) is 1. The zero-order valence-corrected chi connectivity index (χ0v) is 11.7. The van der Waals surface area contributed by atoms with E-state index in [9.17, 15) is 0 Å². The topological polar surface area (TPSA) is 38.0 Å². The summed E-state index contributed by atoms with van der Waals surface area (Å²) >= 11 is 0. The number of hydrogen-bond donors (Lipinski definition) is 2. The van der Waals surface area contributed by atoms with E-state index in [0.717, 1.165) is 6.54 Å². The fraction of sp³-hybridized carbons (Fsp3) is 0.294. The van der Waals surface area contributed by atoms with Crippen molar-refractivity contribution in [3.05, 3.63) is 59.7 Å². The summed E-state index contributed by atoms with van der Waals surface area (Å²) in [5.74, 6) is 0. The molecule has 0 fully saturated rings. The van der Waals surface area contributed by atoms with Crippen molar-refractivity contribution in [3.8, 4) is 11.1 Å². The summed E-state index contributed by atoms with van der Waals surface area (Å²) in [4.78, 5) is 0. The molecule has 19 heavy (non-hydrogen) atoms. The molecule has 0 atom stereocenters. The first-order chi connectivity index (χ1) is 9.20. The Bertz CT molecular complexity index is 515. The predicted octanol–water partition coefficient (Wildman–Crippen LogP) is 3.31. The summed E-state index contributed by atoms with van der Waals surface area (Å²) in [6, 6.07) is 17.5. The molecule has 0 unspecified atom stereocenters. The van der Waals surface area contributed by atoms with Crippen molar-refractivity contribution in [2.45, 2.75) is 33.0 Å². The second-order valence-corrected chi connectivity index (χ2v) is 5.09. The second kappa shape index (κ2) is 6.50. The Balaban J connectivity index is 2.27. The fourth-order valence-corrected chi connectivity index (χ4v) is 2.09. The summed E-state index contributed by atoms with van der Waals surface area (Å²) < 4.78 is 0. The van der Waals surface area contributed by atoms with Crippen molar-refractivity contribution >= 4 is 0 Å². The molecule has 0 aliphatic rings. The Morgan fingerprint density at radius 3 is 2.32 bits per heavy atom. The lowest BCUT2D eigenvalue weighted by atomic mass is 9.98. The minimum atomic E-state index is 0.493. The minimum absolute atomic E-state index is 0.493. The lowest BCUT2D eigenvalue weighted by Gasteiger charge is -2.13. The average Bonchev–Trinajstić information content (AvgIpc) is 2.45. The predicted molar refractivity (Wildman–Crippen MR) is 81.7 cm³/mol. The molecule has 3 N–H and O–H groups in total. The van der Waals surface area contributed by atoms with Gasteiger partial charge in [-0.15, -0.1) is 0 Å². The molecule has 0 aliphatic heterocycles. The standard InChI is InChI=1S/C17H22N2/c1-13(2)19-12-16-5-3-4-6-17(16)15-9-7-14(11-18)8-10-15/h3-10,13,19H,11-12,18H2,1-2H3. The van der Waals surface area contributed by atoms with Gasteiger partial charge in [-0.25, -0.2) is 0 Å². The lowest BCUT2D eigenvalue weighted by molar-refractivity contribution is 0.589. The normalized spacial score (nSPS) is 10.9. The van der Waals surface area contributed by atoms with E-state index in [1.165, 1.54) is 22.3 Å². The van der Waals surface area contributed by atoms with Crippen LogP contribution in [-0.2, 0) is 13.1 Å². The van der Waals surface area contributed by atoms with E-state index >= 15 is 0 Å². The van der Waals surface area contributed by atoms with Crippen molar-refractivity contribution in [1.29, 1.82) is 0 Å². The third-order valence-corrected chi connectivity index (χ3v) is 3.22. The first-order valence-electron chi connectivity index (χ1n) is 6.81. The van der Waals surface area contributed by atoms with Gasteiger partial charge in [0.2, 0.25) is 0 Å². The average molecular weight is 254 g/mol. The van der Waals surface area contributed by atoms with Crippen LogP contribution in [0.3, 0.4) is 0 Å². The van der Waals surface area contributed by atoms with E-state index in [0.29, 0.717) is 12.6 Å². The molecule has 100 valence electrons. The van der Waals surface area contributed by atoms with Gasteiger partial charge in [0.05, 0.1) is 0 Å². The molecule has 2 heteroatoms. The summed E-state index contributed by atoms with van der Waals surface area (Å²) in [5.41, 5.74) is 10.7. The van der Waals surface area contributed by atoms with Crippen molar-refractivity contribution < 1.29 is 0 Å². The lowest BCUT2D eigenvalue weighted by Crippen LogP contribution is -2.22. The SMILES string of the molecule is CC(C)NCc1ccccc1-c1ccc(CN)cc1.